The van der Waals surface area contributed by atoms with Crippen LogP contribution in [0.15, 0.2) is 48.5 Å². The third kappa shape index (κ3) is 2.92. The molecular weight excluding hydrogens is 248 g/mol. The summed E-state index contributed by atoms with van der Waals surface area (Å²) in [6.07, 6.45) is 2.56. The van der Waals surface area contributed by atoms with Crippen molar-refractivity contribution in [1.82, 2.24) is 0 Å². The fourth-order valence-electron chi connectivity index (χ4n) is 2.13. The van der Waals surface area contributed by atoms with Crippen molar-refractivity contribution in [3.63, 3.8) is 0 Å². The van der Waals surface area contributed by atoms with E-state index in [9.17, 15) is 0 Å². The van der Waals surface area contributed by atoms with Crippen LogP contribution in [0.1, 0.15) is 12.8 Å². The Hall–Kier alpha value is -1.64. The first-order valence-corrected chi connectivity index (χ1v) is 7.31. The number of hydrogen-bond acceptors (Lipinski definition) is 2. The zero-order chi connectivity index (χ0) is 13.6. The van der Waals surface area contributed by atoms with Crippen LogP contribution in [0.25, 0.3) is 22.3 Å². The predicted octanol–water partition coefficient (Wildman–Crippen LogP) is 4.15. The van der Waals surface area contributed by atoms with Gasteiger partial charge in [-0.3, -0.25) is 0 Å². The van der Waals surface area contributed by atoms with Gasteiger partial charge in [-0.1, -0.05) is 48.5 Å². The molecule has 2 heteroatoms. The highest BCUT2D eigenvalue weighted by atomic mass is 16.5. The fraction of sp³-hybridized carbons (Fsp3) is 0.333. The van der Waals surface area contributed by atoms with E-state index in [1.54, 1.807) is 0 Å². The summed E-state index contributed by atoms with van der Waals surface area (Å²) in [5, 5.41) is 0. The van der Waals surface area contributed by atoms with Gasteiger partial charge in [-0.15, -0.1) is 0 Å². The van der Waals surface area contributed by atoms with E-state index in [4.69, 9.17) is 9.47 Å². The molecule has 3 aliphatic rings. The minimum atomic E-state index is 1.00. The molecule has 104 valence electrons. The molecular formula is C18H20O2. The van der Waals surface area contributed by atoms with Gasteiger partial charge in [-0.05, 0) is 35.1 Å². The zero-order valence-electron chi connectivity index (χ0n) is 11.7. The van der Waals surface area contributed by atoms with Crippen LogP contribution in [-0.4, -0.2) is 26.4 Å². The number of hydrogen-bond donors (Lipinski definition) is 0. The number of rotatable bonds is 0. The molecule has 2 aromatic rings. The Labute approximate surface area is 120 Å². The molecule has 2 aliphatic heterocycles. The minimum absolute atomic E-state index is 1.00. The lowest BCUT2D eigenvalue weighted by Crippen LogP contribution is -2.09. The number of ether oxygens (including phenoxy) is 2. The fourth-order valence-corrected chi connectivity index (χ4v) is 2.13. The average Bonchev–Trinajstić information content (AvgIpc) is 2.32. The normalized spacial score (nSPS) is 16.4. The first-order valence-electron chi connectivity index (χ1n) is 7.31. The van der Waals surface area contributed by atoms with Crippen molar-refractivity contribution in [3.8, 4) is 22.3 Å². The topological polar surface area (TPSA) is 18.5 Å². The predicted molar refractivity (Wildman–Crippen MR) is 81.7 cm³/mol. The summed E-state index contributed by atoms with van der Waals surface area (Å²) in [7, 11) is 0. The molecule has 0 radical (unpaired) electrons. The molecule has 2 aromatic carbocycles. The van der Waals surface area contributed by atoms with Crippen molar-refractivity contribution in [3.05, 3.63) is 48.5 Å². The van der Waals surface area contributed by atoms with Gasteiger partial charge >= 0.3 is 0 Å². The highest BCUT2D eigenvalue weighted by molar-refractivity contribution is 6.02. The van der Waals surface area contributed by atoms with E-state index in [2.05, 4.69) is 48.5 Å². The lowest BCUT2D eigenvalue weighted by molar-refractivity contribution is 0.0366. The van der Waals surface area contributed by atoms with Gasteiger partial charge < -0.3 is 9.47 Å². The molecule has 0 N–H and O–H groups in total. The monoisotopic (exact) mass is 268 g/mol. The van der Waals surface area contributed by atoms with Gasteiger partial charge in [0.25, 0.3) is 0 Å². The van der Waals surface area contributed by atoms with Gasteiger partial charge in [0.2, 0.25) is 0 Å². The summed E-state index contributed by atoms with van der Waals surface area (Å²) in [4.78, 5) is 0. The van der Waals surface area contributed by atoms with Crippen molar-refractivity contribution in [1.29, 1.82) is 0 Å². The van der Waals surface area contributed by atoms with Gasteiger partial charge in [-0.25, -0.2) is 0 Å². The van der Waals surface area contributed by atoms with Crippen molar-refractivity contribution in [2.45, 2.75) is 12.8 Å². The smallest absolute Gasteiger partial charge is 0.0488 e. The van der Waals surface area contributed by atoms with Gasteiger partial charge in [-0.2, -0.15) is 0 Å². The molecule has 2 heterocycles. The molecule has 0 bridgehead atoms. The summed E-state index contributed by atoms with van der Waals surface area (Å²) in [6.45, 7) is 4.00. The van der Waals surface area contributed by atoms with E-state index in [1.165, 1.54) is 35.1 Å². The first kappa shape index (κ1) is 13.3. The molecule has 2 fully saturated rings. The Kier molecular flexibility index (Phi) is 4.46. The van der Waals surface area contributed by atoms with Gasteiger partial charge in [0, 0.05) is 26.4 Å². The van der Waals surface area contributed by atoms with Gasteiger partial charge in [0.05, 0.1) is 0 Å². The van der Waals surface area contributed by atoms with Crippen molar-refractivity contribution < 1.29 is 9.47 Å². The Morgan fingerprint density at radius 3 is 0.850 bits per heavy atom. The molecule has 0 saturated carbocycles. The van der Waals surface area contributed by atoms with Crippen LogP contribution in [0.3, 0.4) is 0 Å². The summed E-state index contributed by atoms with van der Waals surface area (Å²) in [5.74, 6) is 0. The molecule has 20 heavy (non-hydrogen) atoms. The van der Waals surface area contributed by atoms with Crippen LogP contribution in [0.5, 0.6) is 0 Å². The van der Waals surface area contributed by atoms with E-state index >= 15 is 0 Å². The molecule has 2 nitrogen and oxygen atoms in total. The van der Waals surface area contributed by atoms with E-state index in [0.29, 0.717) is 0 Å². The molecule has 0 spiro atoms. The number of fused-ring (bicyclic) bond motifs is 4. The maximum Gasteiger partial charge on any atom is 0.0488 e. The van der Waals surface area contributed by atoms with Crippen LogP contribution < -0.4 is 0 Å². The number of benzene rings is 2. The standard InChI is InChI=1S/C12H8.2C3H6O/c1-2-6-10-9(5-1)11-7-3-4-8-12(10)11;2*1-2-4-3-1/h1-8H;2*1-3H2. The summed E-state index contributed by atoms with van der Waals surface area (Å²) in [6, 6.07) is 17.1. The third-order valence-electron chi connectivity index (χ3n) is 3.59. The molecule has 0 unspecified atom stereocenters. The minimum Gasteiger partial charge on any atom is -0.381 e. The summed E-state index contributed by atoms with van der Waals surface area (Å²) < 4.78 is 9.44. The van der Waals surface area contributed by atoms with E-state index in [1.807, 2.05) is 0 Å². The van der Waals surface area contributed by atoms with E-state index in [-0.39, 0.29) is 0 Å². The molecule has 1 aliphatic carbocycles. The maximum absolute atomic E-state index is 4.72. The summed E-state index contributed by atoms with van der Waals surface area (Å²) in [5.41, 5.74) is 5.59. The Balaban J connectivity index is 0.000000124. The van der Waals surface area contributed by atoms with Crippen LogP contribution >= 0.6 is 0 Å². The molecule has 2 saturated heterocycles. The quantitative estimate of drug-likeness (QED) is 0.610. The van der Waals surface area contributed by atoms with Crippen LogP contribution in [0.2, 0.25) is 0 Å². The maximum atomic E-state index is 4.72. The lowest BCUT2D eigenvalue weighted by atomic mass is 9.81. The Bertz CT molecular complexity index is 439. The highest BCUT2D eigenvalue weighted by Crippen LogP contribution is 2.46. The van der Waals surface area contributed by atoms with E-state index < -0.39 is 0 Å². The van der Waals surface area contributed by atoms with Crippen LogP contribution in [-0.2, 0) is 9.47 Å². The van der Waals surface area contributed by atoms with Gasteiger partial charge in [0.1, 0.15) is 0 Å². The molecule has 0 aromatic heterocycles. The van der Waals surface area contributed by atoms with Crippen LogP contribution in [0.4, 0.5) is 0 Å². The zero-order valence-corrected chi connectivity index (χ0v) is 11.7. The second-order valence-electron chi connectivity index (χ2n) is 5.02. The van der Waals surface area contributed by atoms with Gasteiger partial charge in [0.15, 0.2) is 0 Å². The van der Waals surface area contributed by atoms with Crippen molar-refractivity contribution in [2.24, 2.45) is 0 Å². The SMILES string of the molecule is C1COC1.C1COC1.c1ccc2c(c1)-c1ccccc1-2. The second-order valence-corrected chi connectivity index (χ2v) is 5.02. The summed E-state index contributed by atoms with van der Waals surface area (Å²) >= 11 is 0. The third-order valence-corrected chi connectivity index (χ3v) is 3.59. The highest BCUT2D eigenvalue weighted by Gasteiger charge is 2.19. The second kappa shape index (κ2) is 6.69. The van der Waals surface area contributed by atoms with Crippen molar-refractivity contribution >= 4 is 0 Å². The molecule has 0 atom stereocenters. The largest absolute Gasteiger partial charge is 0.381 e. The van der Waals surface area contributed by atoms with Crippen LogP contribution in [0, 0.1) is 0 Å². The first-order chi connectivity index (χ1) is 9.97. The average molecular weight is 268 g/mol. The molecule has 5 rings (SSSR count). The Morgan fingerprint density at radius 1 is 0.500 bits per heavy atom. The Morgan fingerprint density at radius 2 is 0.700 bits per heavy atom. The lowest BCUT2D eigenvalue weighted by Gasteiger charge is -2.22. The molecule has 0 amide bonds. The van der Waals surface area contributed by atoms with Crippen molar-refractivity contribution in [2.75, 3.05) is 26.4 Å². The van der Waals surface area contributed by atoms with E-state index in [0.717, 1.165) is 26.4 Å².